The van der Waals surface area contributed by atoms with E-state index in [2.05, 4.69) is 10.3 Å². The van der Waals surface area contributed by atoms with Crippen LogP contribution in [0, 0.1) is 0 Å². The van der Waals surface area contributed by atoms with Gasteiger partial charge in [-0.3, -0.25) is 4.57 Å². The topological polar surface area (TPSA) is 50.1 Å². The van der Waals surface area contributed by atoms with Crippen LogP contribution in [0.2, 0.25) is 5.02 Å². The van der Waals surface area contributed by atoms with Gasteiger partial charge in [-0.1, -0.05) is 17.7 Å². The number of hydrogen-bond acceptors (Lipinski definition) is 3. The van der Waals surface area contributed by atoms with Crippen molar-refractivity contribution in [2.45, 2.75) is 19.7 Å². The Balaban J connectivity index is 2.12. The van der Waals surface area contributed by atoms with Crippen LogP contribution >= 0.6 is 11.6 Å². The second kappa shape index (κ2) is 5.99. The Kier molecular flexibility index (Phi) is 4.34. The van der Waals surface area contributed by atoms with Crippen LogP contribution in [0.25, 0.3) is 0 Å². The van der Waals surface area contributed by atoms with E-state index in [9.17, 15) is 8.78 Å². The van der Waals surface area contributed by atoms with Crippen molar-refractivity contribution in [1.29, 1.82) is 0 Å². The van der Waals surface area contributed by atoms with Crippen LogP contribution in [-0.2, 0) is 13.2 Å². The van der Waals surface area contributed by atoms with Gasteiger partial charge in [-0.15, -0.1) is 0 Å². The number of halogens is 3. The Bertz CT molecular complexity index is 560. The molecule has 7 heteroatoms. The zero-order valence-corrected chi connectivity index (χ0v) is 10.6. The van der Waals surface area contributed by atoms with Crippen molar-refractivity contribution in [2.75, 3.05) is 5.32 Å². The number of rotatable bonds is 5. The van der Waals surface area contributed by atoms with E-state index in [-0.39, 0.29) is 19.0 Å². The van der Waals surface area contributed by atoms with Gasteiger partial charge in [0.15, 0.2) is 0 Å². The van der Waals surface area contributed by atoms with Crippen molar-refractivity contribution in [3.63, 3.8) is 0 Å². The van der Waals surface area contributed by atoms with E-state index >= 15 is 0 Å². The molecule has 2 aromatic rings. The highest BCUT2D eigenvalue weighted by atomic mass is 35.5. The first-order chi connectivity index (χ1) is 9.11. The monoisotopic (exact) mass is 287 g/mol. The summed E-state index contributed by atoms with van der Waals surface area (Å²) in [4.78, 5) is 3.85. The molecule has 1 heterocycles. The third-order valence-corrected chi connectivity index (χ3v) is 2.94. The molecule has 0 atom stereocenters. The van der Waals surface area contributed by atoms with E-state index < -0.39 is 6.55 Å². The van der Waals surface area contributed by atoms with Crippen LogP contribution < -0.4 is 5.32 Å². The standard InChI is InChI=1S/C12H12ClF2N3O/c13-9-2-1-8(7-19)5-10(9)17-6-11-16-3-4-18(11)12(14)15/h1-5,12,17,19H,6-7H2. The highest BCUT2D eigenvalue weighted by Crippen LogP contribution is 2.24. The summed E-state index contributed by atoms with van der Waals surface area (Å²) in [5, 5.41) is 12.4. The fraction of sp³-hybridized carbons (Fsp3) is 0.250. The van der Waals surface area contributed by atoms with E-state index in [0.29, 0.717) is 16.3 Å². The van der Waals surface area contributed by atoms with E-state index in [0.717, 1.165) is 4.57 Å². The second-order valence-electron chi connectivity index (χ2n) is 3.85. The molecule has 0 radical (unpaired) electrons. The second-order valence-corrected chi connectivity index (χ2v) is 4.26. The largest absolute Gasteiger partial charge is 0.392 e. The SMILES string of the molecule is OCc1ccc(Cl)c(NCc2nccn2C(F)F)c1. The molecule has 0 aliphatic carbocycles. The number of imidazole rings is 1. The molecule has 1 aromatic carbocycles. The maximum atomic E-state index is 12.6. The van der Waals surface area contributed by atoms with Crippen molar-refractivity contribution in [3.05, 3.63) is 47.0 Å². The summed E-state index contributed by atoms with van der Waals surface area (Å²) in [7, 11) is 0. The lowest BCUT2D eigenvalue weighted by molar-refractivity contribution is 0.0673. The average molecular weight is 288 g/mol. The predicted molar refractivity (Wildman–Crippen MR) is 68.2 cm³/mol. The van der Waals surface area contributed by atoms with Crippen LogP contribution in [0.15, 0.2) is 30.6 Å². The fourth-order valence-corrected chi connectivity index (χ4v) is 1.82. The molecule has 19 heavy (non-hydrogen) atoms. The van der Waals surface area contributed by atoms with Gasteiger partial charge in [-0.2, -0.15) is 8.78 Å². The van der Waals surface area contributed by atoms with Gasteiger partial charge in [-0.25, -0.2) is 4.98 Å². The minimum atomic E-state index is -2.63. The molecule has 0 unspecified atom stereocenters. The van der Waals surface area contributed by atoms with Crippen LogP contribution in [-0.4, -0.2) is 14.7 Å². The zero-order valence-electron chi connectivity index (χ0n) is 9.85. The Labute approximate surface area is 113 Å². The normalized spacial score (nSPS) is 11.0. The van der Waals surface area contributed by atoms with E-state index in [4.69, 9.17) is 16.7 Å². The lowest BCUT2D eigenvalue weighted by atomic mass is 10.2. The van der Waals surface area contributed by atoms with Crippen molar-refractivity contribution >= 4 is 17.3 Å². The Morgan fingerprint density at radius 1 is 1.42 bits per heavy atom. The first-order valence-corrected chi connectivity index (χ1v) is 5.92. The average Bonchev–Trinajstić information content (AvgIpc) is 2.86. The van der Waals surface area contributed by atoms with Gasteiger partial charge in [-0.05, 0) is 17.7 Å². The number of aromatic nitrogens is 2. The molecule has 0 aliphatic heterocycles. The summed E-state index contributed by atoms with van der Waals surface area (Å²) >= 11 is 5.98. The van der Waals surface area contributed by atoms with Crippen molar-refractivity contribution in [1.82, 2.24) is 9.55 Å². The first-order valence-electron chi connectivity index (χ1n) is 5.55. The van der Waals surface area contributed by atoms with Gasteiger partial charge < -0.3 is 10.4 Å². The summed E-state index contributed by atoms with van der Waals surface area (Å²) in [5.41, 5.74) is 1.25. The van der Waals surface area contributed by atoms with E-state index in [1.54, 1.807) is 18.2 Å². The number of nitrogens with one attached hydrogen (secondary N) is 1. The number of aliphatic hydroxyl groups excluding tert-OH is 1. The van der Waals surface area contributed by atoms with Crippen LogP contribution in [0.5, 0.6) is 0 Å². The third-order valence-electron chi connectivity index (χ3n) is 2.61. The molecule has 0 saturated heterocycles. The smallest absolute Gasteiger partial charge is 0.319 e. The number of nitrogens with zero attached hydrogens (tertiary/aromatic N) is 2. The van der Waals surface area contributed by atoms with Gasteiger partial charge in [0.1, 0.15) is 5.82 Å². The predicted octanol–water partition coefficient (Wildman–Crippen LogP) is 3.04. The van der Waals surface area contributed by atoms with Gasteiger partial charge in [0.25, 0.3) is 0 Å². The third kappa shape index (κ3) is 3.21. The lowest BCUT2D eigenvalue weighted by Gasteiger charge is -2.11. The molecule has 0 fully saturated rings. The summed E-state index contributed by atoms with van der Waals surface area (Å²) in [5.74, 6) is 0.209. The number of benzene rings is 1. The van der Waals surface area contributed by atoms with E-state index in [1.807, 2.05) is 0 Å². The maximum absolute atomic E-state index is 12.6. The number of hydrogen-bond donors (Lipinski definition) is 2. The molecule has 1 aromatic heterocycles. The molecule has 0 saturated carbocycles. The molecule has 0 bridgehead atoms. The summed E-state index contributed by atoms with van der Waals surface area (Å²) < 4.78 is 26.0. The Hall–Kier alpha value is -1.66. The fourth-order valence-electron chi connectivity index (χ4n) is 1.64. The van der Waals surface area contributed by atoms with Crippen LogP contribution in [0.1, 0.15) is 17.9 Å². The number of aliphatic hydroxyl groups is 1. The molecular weight excluding hydrogens is 276 g/mol. The first kappa shape index (κ1) is 13.8. The van der Waals surface area contributed by atoms with Gasteiger partial charge in [0, 0.05) is 12.4 Å². The molecular formula is C12H12ClF2N3O. The number of alkyl halides is 2. The molecule has 2 rings (SSSR count). The molecule has 0 amide bonds. The highest BCUT2D eigenvalue weighted by molar-refractivity contribution is 6.33. The summed E-state index contributed by atoms with van der Waals surface area (Å²) in [6, 6.07) is 4.99. The molecule has 0 aliphatic rings. The van der Waals surface area contributed by atoms with Crippen LogP contribution in [0.4, 0.5) is 14.5 Å². The quantitative estimate of drug-likeness (QED) is 0.889. The summed E-state index contributed by atoms with van der Waals surface area (Å²) in [6.07, 6.45) is 2.53. The number of anilines is 1. The van der Waals surface area contributed by atoms with E-state index in [1.165, 1.54) is 12.4 Å². The van der Waals surface area contributed by atoms with Gasteiger partial charge in [0.05, 0.1) is 23.9 Å². The zero-order chi connectivity index (χ0) is 13.8. The lowest BCUT2D eigenvalue weighted by Crippen LogP contribution is -2.09. The van der Waals surface area contributed by atoms with Crippen molar-refractivity contribution < 1.29 is 13.9 Å². The van der Waals surface area contributed by atoms with Gasteiger partial charge in [0.2, 0.25) is 0 Å². The molecule has 2 N–H and O–H groups in total. The summed E-state index contributed by atoms with van der Waals surface area (Å²) in [6.45, 7) is -2.62. The van der Waals surface area contributed by atoms with Crippen LogP contribution in [0.3, 0.4) is 0 Å². The molecule has 4 nitrogen and oxygen atoms in total. The Morgan fingerprint density at radius 3 is 2.89 bits per heavy atom. The van der Waals surface area contributed by atoms with Crippen molar-refractivity contribution in [3.8, 4) is 0 Å². The Morgan fingerprint density at radius 2 is 2.21 bits per heavy atom. The molecule has 102 valence electrons. The highest BCUT2D eigenvalue weighted by Gasteiger charge is 2.11. The minimum Gasteiger partial charge on any atom is -0.392 e. The maximum Gasteiger partial charge on any atom is 0.319 e. The molecule has 0 spiro atoms. The van der Waals surface area contributed by atoms with Crippen molar-refractivity contribution in [2.24, 2.45) is 0 Å². The van der Waals surface area contributed by atoms with Gasteiger partial charge >= 0.3 is 6.55 Å². The minimum absolute atomic E-state index is 0.114.